The maximum atomic E-state index is 13.4. The number of hydrogen-bond donors (Lipinski definition) is 1. The Bertz CT molecular complexity index is 1100. The van der Waals surface area contributed by atoms with Gasteiger partial charge in [0.2, 0.25) is 5.60 Å². The summed E-state index contributed by atoms with van der Waals surface area (Å²) in [6.07, 6.45) is 0. The number of carbonyl (C=O) groups is 1. The monoisotopic (exact) mass is 375 g/mol. The van der Waals surface area contributed by atoms with Crippen molar-refractivity contribution in [3.63, 3.8) is 0 Å². The molecule has 5 heteroatoms. The number of amides is 1. The Morgan fingerprint density at radius 1 is 0.929 bits per heavy atom. The predicted octanol–water partition coefficient (Wildman–Crippen LogP) is 3.75. The third kappa shape index (κ3) is 3.15. The standard InChI is InChI=1S/C23H15F2NO2/c24-18-12-17(13-19(25)14-18)10-11-23(28)20-8-4-5-9-21(20)26(22(23)27)15-16-6-2-1-3-7-16/h1-9,12-14,28H,15H2. The lowest BCUT2D eigenvalue weighted by atomic mass is 9.95. The predicted molar refractivity (Wildman–Crippen MR) is 101 cm³/mol. The number of aliphatic hydroxyl groups is 1. The molecule has 4 rings (SSSR count). The number of anilines is 1. The van der Waals surface area contributed by atoms with E-state index in [4.69, 9.17) is 0 Å². The van der Waals surface area contributed by atoms with Crippen molar-refractivity contribution in [2.24, 2.45) is 0 Å². The second kappa shape index (κ2) is 6.91. The number of para-hydroxylation sites is 1. The SMILES string of the molecule is O=C1N(Cc2ccccc2)c2ccccc2C1(O)C#Cc1cc(F)cc(F)c1. The minimum atomic E-state index is -2.09. The van der Waals surface area contributed by atoms with Gasteiger partial charge in [0.1, 0.15) is 11.6 Å². The number of fused-ring (bicyclic) bond motifs is 1. The van der Waals surface area contributed by atoms with Gasteiger partial charge in [-0.15, -0.1) is 0 Å². The van der Waals surface area contributed by atoms with Crippen LogP contribution in [0, 0.1) is 23.5 Å². The van der Waals surface area contributed by atoms with Gasteiger partial charge in [-0.3, -0.25) is 4.79 Å². The zero-order chi connectivity index (χ0) is 19.7. The molecule has 0 saturated heterocycles. The molecule has 1 aliphatic rings. The largest absolute Gasteiger partial charge is 0.366 e. The van der Waals surface area contributed by atoms with Crippen LogP contribution in [-0.4, -0.2) is 11.0 Å². The van der Waals surface area contributed by atoms with Crippen LogP contribution in [0.3, 0.4) is 0 Å². The van der Waals surface area contributed by atoms with E-state index in [9.17, 15) is 18.7 Å². The van der Waals surface area contributed by atoms with Crippen molar-refractivity contribution < 1.29 is 18.7 Å². The van der Waals surface area contributed by atoms with Crippen molar-refractivity contribution in [1.29, 1.82) is 0 Å². The summed E-state index contributed by atoms with van der Waals surface area (Å²) in [5, 5.41) is 11.1. The number of carbonyl (C=O) groups excluding carboxylic acids is 1. The molecule has 3 nitrogen and oxygen atoms in total. The van der Waals surface area contributed by atoms with Crippen molar-refractivity contribution >= 4 is 11.6 Å². The molecule has 28 heavy (non-hydrogen) atoms. The number of nitrogens with zero attached hydrogens (tertiary/aromatic N) is 1. The van der Waals surface area contributed by atoms with E-state index in [1.807, 2.05) is 30.3 Å². The zero-order valence-corrected chi connectivity index (χ0v) is 14.7. The topological polar surface area (TPSA) is 40.5 Å². The molecule has 1 unspecified atom stereocenters. The fourth-order valence-corrected chi connectivity index (χ4v) is 3.27. The second-order valence-corrected chi connectivity index (χ2v) is 6.51. The highest BCUT2D eigenvalue weighted by Gasteiger charge is 2.48. The van der Waals surface area contributed by atoms with Gasteiger partial charge in [-0.25, -0.2) is 8.78 Å². The molecule has 1 atom stereocenters. The van der Waals surface area contributed by atoms with Gasteiger partial charge in [-0.1, -0.05) is 54.5 Å². The lowest BCUT2D eigenvalue weighted by Gasteiger charge is -2.19. The molecule has 1 N–H and O–H groups in total. The lowest BCUT2D eigenvalue weighted by Crippen LogP contribution is -2.39. The van der Waals surface area contributed by atoms with Gasteiger partial charge in [-0.05, 0) is 29.7 Å². The van der Waals surface area contributed by atoms with E-state index in [0.29, 0.717) is 11.3 Å². The zero-order valence-electron chi connectivity index (χ0n) is 14.7. The summed E-state index contributed by atoms with van der Waals surface area (Å²) in [4.78, 5) is 14.5. The van der Waals surface area contributed by atoms with E-state index in [-0.39, 0.29) is 12.1 Å². The molecule has 0 radical (unpaired) electrons. The van der Waals surface area contributed by atoms with Crippen LogP contribution in [0.15, 0.2) is 72.8 Å². The van der Waals surface area contributed by atoms with Crippen molar-refractivity contribution in [2.45, 2.75) is 12.1 Å². The Morgan fingerprint density at radius 2 is 1.57 bits per heavy atom. The number of benzene rings is 3. The molecule has 0 aliphatic carbocycles. The van der Waals surface area contributed by atoms with Gasteiger partial charge in [0.05, 0.1) is 12.2 Å². The minimum Gasteiger partial charge on any atom is -0.366 e. The van der Waals surface area contributed by atoms with Gasteiger partial charge < -0.3 is 10.0 Å². The molecule has 3 aromatic carbocycles. The minimum absolute atomic E-state index is 0.0396. The van der Waals surface area contributed by atoms with Gasteiger partial charge in [0.15, 0.2) is 0 Å². The van der Waals surface area contributed by atoms with Crippen LogP contribution in [-0.2, 0) is 16.9 Å². The first-order chi connectivity index (χ1) is 13.5. The maximum Gasteiger partial charge on any atom is 0.276 e. The van der Waals surface area contributed by atoms with E-state index < -0.39 is 23.1 Å². The summed E-state index contributed by atoms with van der Waals surface area (Å²) in [6, 6.07) is 19.0. The van der Waals surface area contributed by atoms with Gasteiger partial charge >= 0.3 is 0 Å². The molecule has 138 valence electrons. The van der Waals surface area contributed by atoms with E-state index in [0.717, 1.165) is 23.8 Å². The first-order valence-electron chi connectivity index (χ1n) is 8.64. The van der Waals surface area contributed by atoms with E-state index >= 15 is 0 Å². The molecule has 0 fully saturated rings. The Morgan fingerprint density at radius 3 is 2.29 bits per heavy atom. The normalized spacial score (nSPS) is 17.8. The molecule has 0 aromatic heterocycles. The number of hydrogen-bond acceptors (Lipinski definition) is 2. The highest BCUT2D eigenvalue weighted by atomic mass is 19.1. The summed E-state index contributed by atoms with van der Waals surface area (Å²) in [7, 11) is 0. The molecular formula is C23H15F2NO2. The van der Waals surface area contributed by atoms with Crippen molar-refractivity contribution in [2.75, 3.05) is 4.90 Å². The molecule has 0 bridgehead atoms. The molecule has 1 aliphatic heterocycles. The summed E-state index contributed by atoms with van der Waals surface area (Å²) < 4.78 is 26.8. The summed E-state index contributed by atoms with van der Waals surface area (Å²) in [5.74, 6) is 2.92. The highest BCUT2D eigenvalue weighted by molar-refractivity contribution is 6.09. The highest BCUT2D eigenvalue weighted by Crippen LogP contribution is 2.40. The van der Waals surface area contributed by atoms with E-state index in [2.05, 4.69) is 11.8 Å². The lowest BCUT2D eigenvalue weighted by molar-refractivity contribution is -0.130. The number of rotatable bonds is 2. The molecule has 1 heterocycles. The third-order valence-corrected chi connectivity index (χ3v) is 4.57. The van der Waals surface area contributed by atoms with Crippen molar-refractivity contribution in [1.82, 2.24) is 0 Å². The van der Waals surface area contributed by atoms with Gasteiger partial charge in [0.25, 0.3) is 5.91 Å². The molecule has 3 aromatic rings. The Balaban J connectivity index is 1.75. The average molecular weight is 375 g/mol. The fourth-order valence-electron chi connectivity index (χ4n) is 3.27. The smallest absolute Gasteiger partial charge is 0.276 e. The quantitative estimate of drug-likeness (QED) is 0.693. The third-order valence-electron chi connectivity index (χ3n) is 4.57. The van der Waals surface area contributed by atoms with Crippen LogP contribution in [0.5, 0.6) is 0 Å². The van der Waals surface area contributed by atoms with E-state index in [1.165, 1.54) is 4.90 Å². The van der Waals surface area contributed by atoms with Crippen LogP contribution in [0.25, 0.3) is 0 Å². The van der Waals surface area contributed by atoms with Gasteiger partial charge in [0, 0.05) is 17.2 Å². The molecular weight excluding hydrogens is 360 g/mol. The fraction of sp³-hybridized carbons (Fsp3) is 0.0870. The molecule has 1 amide bonds. The molecule has 0 spiro atoms. The Labute approximate surface area is 160 Å². The van der Waals surface area contributed by atoms with Crippen LogP contribution in [0.1, 0.15) is 16.7 Å². The second-order valence-electron chi connectivity index (χ2n) is 6.51. The first kappa shape index (κ1) is 17.9. The average Bonchev–Trinajstić information content (AvgIpc) is 2.89. The van der Waals surface area contributed by atoms with Gasteiger partial charge in [-0.2, -0.15) is 0 Å². The Hall–Kier alpha value is -3.49. The molecule has 0 saturated carbocycles. The number of halogens is 2. The van der Waals surface area contributed by atoms with Crippen LogP contribution in [0.4, 0.5) is 14.5 Å². The van der Waals surface area contributed by atoms with Crippen molar-refractivity contribution in [3.05, 3.63) is 101 Å². The van der Waals surface area contributed by atoms with Crippen molar-refractivity contribution in [3.8, 4) is 11.8 Å². The summed E-state index contributed by atoms with van der Waals surface area (Å²) >= 11 is 0. The maximum absolute atomic E-state index is 13.4. The van der Waals surface area contributed by atoms with E-state index in [1.54, 1.807) is 24.3 Å². The van der Waals surface area contributed by atoms with Crippen LogP contribution >= 0.6 is 0 Å². The Kier molecular flexibility index (Phi) is 4.42. The van der Waals surface area contributed by atoms with Crippen LogP contribution < -0.4 is 4.90 Å². The van der Waals surface area contributed by atoms with Crippen LogP contribution in [0.2, 0.25) is 0 Å². The summed E-state index contributed by atoms with van der Waals surface area (Å²) in [5.41, 5.74) is -0.250. The first-order valence-corrected chi connectivity index (χ1v) is 8.64. The summed E-state index contributed by atoms with van der Waals surface area (Å²) in [6.45, 7) is 0.273.